The molecule has 24 heavy (non-hydrogen) atoms. The zero-order valence-corrected chi connectivity index (χ0v) is 14.4. The summed E-state index contributed by atoms with van der Waals surface area (Å²) in [6.45, 7) is 6.18. The Morgan fingerprint density at radius 2 is 2.12 bits per heavy atom. The van der Waals surface area contributed by atoms with E-state index in [0.717, 1.165) is 16.9 Å². The summed E-state index contributed by atoms with van der Waals surface area (Å²) in [5.41, 5.74) is 1.91. The molecule has 0 saturated carbocycles. The van der Waals surface area contributed by atoms with Gasteiger partial charge in [-0.2, -0.15) is 0 Å². The van der Waals surface area contributed by atoms with Gasteiger partial charge in [-0.05, 0) is 17.5 Å². The van der Waals surface area contributed by atoms with E-state index in [4.69, 9.17) is 4.42 Å². The van der Waals surface area contributed by atoms with E-state index < -0.39 is 6.10 Å². The first-order chi connectivity index (χ1) is 11.3. The molecule has 1 aliphatic carbocycles. The van der Waals surface area contributed by atoms with Crippen molar-refractivity contribution in [3.63, 3.8) is 0 Å². The van der Waals surface area contributed by atoms with E-state index in [1.807, 2.05) is 24.3 Å². The molecule has 1 heterocycles. The molecular formula is C19H24N2O3. The fourth-order valence-electron chi connectivity index (χ4n) is 2.98. The number of fused-ring (bicyclic) bond motifs is 1. The van der Waals surface area contributed by atoms with E-state index >= 15 is 0 Å². The summed E-state index contributed by atoms with van der Waals surface area (Å²) in [6.07, 6.45) is 2.50. The Morgan fingerprint density at radius 3 is 2.79 bits per heavy atom. The third-order valence-corrected chi connectivity index (χ3v) is 4.40. The van der Waals surface area contributed by atoms with Gasteiger partial charge in [0.1, 0.15) is 5.76 Å². The van der Waals surface area contributed by atoms with Gasteiger partial charge in [0.15, 0.2) is 5.89 Å². The number of nitrogens with one attached hydrogen (secondary N) is 1. The topological polar surface area (TPSA) is 75.4 Å². The number of carbonyl (C=O) groups excluding carboxylic acids is 1. The van der Waals surface area contributed by atoms with Crippen LogP contribution in [0, 0.1) is 0 Å². The molecule has 2 aromatic rings. The third kappa shape index (κ3) is 3.51. The molecule has 1 aromatic heterocycles. The maximum atomic E-state index is 12.2. The Balaban J connectivity index is 1.53. The molecule has 0 radical (unpaired) electrons. The van der Waals surface area contributed by atoms with Crippen LogP contribution >= 0.6 is 0 Å². The highest BCUT2D eigenvalue weighted by Crippen LogP contribution is 2.31. The predicted octanol–water partition coefficient (Wildman–Crippen LogP) is 2.68. The Bertz CT molecular complexity index is 730. The van der Waals surface area contributed by atoms with Crippen molar-refractivity contribution in [3.8, 4) is 0 Å². The number of aromatic nitrogens is 1. The van der Waals surface area contributed by atoms with Crippen LogP contribution in [-0.2, 0) is 23.1 Å². The molecule has 0 saturated heterocycles. The standard InChI is InChI=1S/C19H24N2O3/c1-19(2,3)15-11-20-17(24-15)9-8-16(22)21-14-10-12-6-4-5-7-13(12)18(14)23/h4-7,11,14,18,23H,8-10H2,1-3H3,(H,21,22)/t14-,18-/m1/s1. The van der Waals surface area contributed by atoms with Gasteiger partial charge in [0.2, 0.25) is 5.91 Å². The molecule has 0 spiro atoms. The normalized spacial score (nSPS) is 20.0. The van der Waals surface area contributed by atoms with Gasteiger partial charge >= 0.3 is 0 Å². The number of amides is 1. The summed E-state index contributed by atoms with van der Waals surface area (Å²) in [4.78, 5) is 16.4. The zero-order valence-electron chi connectivity index (χ0n) is 14.4. The van der Waals surface area contributed by atoms with Crippen molar-refractivity contribution in [1.82, 2.24) is 10.3 Å². The van der Waals surface area contributed by atoms with Crippen LogP contribution < -0.4 is 5.32 Å². The molecule has 0 fully saturated rings. The van der Waals surface area contributed by atoms with Gasteiger partial charge in [0, 0.05) is 18.3 Å². The molecule has 1 aliphatic rings. The summed E-state index contributed by atoms with van der Waals surface area (Å²) >= 11 is 0. The van der Waals surface area contributed by atoms with Gasteiger partial charge in [-0.15, -0.1) is 0 Å². The van der Waals surface area contributed by atoms with Gasteiger partial charge in [0.05, 0.1) is 18.3 Å². The summed E-state index contributed by atoms with van der Waals surface area (Å²) < 4.78 is 5.70. The number of aliphatic hydroxyl groups is 1. The third-order valence-electron chi connectivity index (χ3n) is 4.40. The van der Waals surface area contributed by atoms with Crippen LogP contribution in [0.4, 0.5) is 0 Å². The van der Waals surface area contributed by atoms with Crippen LogP contribution in [-0.4, -0.2) is 22.0 Å². The molecule has 5 heteroatoms. The van der Waals surface area contributed by atoms with E-state index in [-0.39, 0.29) is 17.4 Å². The number of hydrogen-bond acceptors (Lipinski definition) is 4. The average molecular weight is 328 g/mol. The molecule has 5 nitrogen and oxygen atoms in total. The second-order valence-electron chi connectivity index (χ2n) is 7.39. The number of nitrogens with zero attached hydrogens (tertiary/aromatic N) is 1. The Morgan fingerprint density at radius 1 is 1.38 bits per heavy atom. The summed E-state index contributed by atoms with van der Waals surface area (Å²) in [5.74, 6) is 1.30. The van der Waals surface area contributed by atoms with Crippen LogP contribution in [0.1, 0.15) is 56.1 Å². The Labute approximate surface area is 142 Å². The van der Waals surface area contributed by atoms with Crippen molar-refractivity contribution < 1.29 is 14.3 Å². The van der Waals surface area contributed by atoms with E-state index in [9.17, 15) is 9.90 Å². The minimum atomic E-state index is -0.639. The smallest absolute Gasteiger partial charge is 0.220 e. The second kappa shape index (κ2) is 6.40. The van der Waals surface area contributed by atoms with Crippen LogP contribution in [0.25, 0.3) is 0 Å². The van der Waals surface area contributed by atoms with E-state index in [1.54, 1.807) is 6.20 Å². The van der Waals surface area contributed by atoms with Crippen LogP contribution in [0.5, 0.6) is 0 Å². The highest BCUT2D eigenvalue weighted by Gasteiger charge is 2.31. The molecule has 1 amide bonds. The largest absolute Gasteiger partial charge is 0.445 e. The molecule has 0 bridgehead atoms. The SMILES string of the molecule is CC(C)(C)c1cnc(CCC(=O)N[C@@H]2Cc3ccccc3[C@H]2O)o1. The molecule has 0 aliphatic heterocycles. The first kappa shape index (κ1) is 16.7. The van der Waals surface area contributed by atoms with Crippen molar-refractivity contribution in [2.45, 2.75) is 57.6 Å². The molecule has 128 valence electrons. The lowest BCUT2D eigenvalue weighted by atomic mass is 9.94. The average Bonchev–Trinajstić information content (AvgIpc) is 3.11. The van der Waals surface area contributed by atoms with E-state index in [2.05, 4.69) is 31.1 Å². The lowest BCUT2D eigenvalue weighted by Crippen LogP contribution is -2.37. The van der Waals surface area contributed by atoms with E-state index in [0.29, 0.717) is 25.2 Å². The molecule has 3 rings (SSSR count). The Hall–Kier alpha value is -2.14. The number of carbonyl (C=O) groups is 1. The summed E-state index contributed by atoms with van der Waals surface area (Å²) in [7, 11) is 0. The maximum absolute atomic E-state index is 12.2. The second-order valence-corrected chi connectivity index (χ2v) is 7.39. The van der Waals surface area contributed by atoms with Gasteiger partial charge in [-0.3, -0.25) is 4.79 Å². The van der Waals surface area contributed by atoms with Gasteiger partial charge in [0.25, 0.3) is 0 Å². The molecule has 1 aromatic carbocycles. The fourth-order valence-corrected chi connectivity index (χ4v) is 2.98. The minimum absolute atomic E-state index is 0.0900. The lowest BCUT2D eigenvalue weighted by molar-refractivity contribution is -0.122. The van der Waals surface area contributed by atoms with Gasteiger partial charge in [-0.25, -0.2) is 4.98 Å². The van der Waals surface area contributed by atoms with E-state index in [1.165, 1.54) is 0 Å². The number of aliphatic hydroxyl groups excluding tert-OH is 1. The lowest BCUT2D eigenvalue weighted by Gasteiger charge is -2.16. The van der Waals surface area contributed by atoms with Crippen LogP contribution in [0.2, 0.25) is 0 Å². The summed E-state index contributed by atoms with van der Waals surface area (Å²) in [5, 5.41) is 13.2. The van der Waals surface area contributed by atoms with Crippen molar-refractivity contribution in [2.24, 2.45) is 0 Å². The van der Waals surface area contributed by atoms with Crippen molar-refractivity contribution in [1.29, 1.82) is 0 Å². The summed E-state index contributed by atoms with van der Waals surface area (Å²) in [6, 6.07) is 7.50. The highest BCUT2D eigenvalue weighted by molar-refractivity contribution is 5.76. The first-order valence-electron chi connectivity index (χ1n) is 8.35. The van der Waals surface area contributed by atoms with Gasteiger partial charge in [-0.1, -0.05) is 45.0 Å². The minimum Gasteiger partial charge on any atom is -0.445 e. The van der Waals surface area contributed by atoms with Crippen molar-refractivity contribution >= 4 is 5.91 Å². The van der Waals surface area contributed by atoms with Crippen LogP contribution in [0.15, 0.2) is 34.9 Å². The number of rotatable bonds is 4. The number of oxazole rings is 1. The first-order valence-corrected chi connectivity index (χ1v) is 8.35. The predicted molar refractivity (Wildman–Crippen MR) is 90.6 cm³/mol. The molecule has 0 unspecified atom stereocenters. The molecule has 2 atom stereocenters. The number of aryl methyl sites for hydroxylation is 1. The maximum Gasteiger partial charge on any atom is 0.220 e. The van der Waals surface area contributed by atoms with Crippen molar-refractivity contribution in [2.75, 3.05) is 0 Å². The monoisotopic (exact) mass is 328 g/mol. The molecular weight excluding hydrogens is 304 g/mol. The Kier molecular flexibility index (Phi) is 4.45. The molecule has 2 N–H and O–H groups in total. The number of hydrogen-bond donors (Lipinski definition) is 2. The van der Waals surface area contributed by atoms with Crippen molar-refractivity contribution in [3.05, 3.63) is 53.2 Å². The van der Waals surface area contributed by atoms with Gasteiger partial charge < -0.3 is 14.8 Å². The zero-order chi connectivity index (χ0) is 17.3. The fraction of sp³-hybridized carbons (Fsp3) is 0.474. The number of benzene rings is 1. The quantitative estimate of drug-likeness (QED) is 0.905. The van der Waals surface area contributed by atoms with Crippen LogP contribution in [0.3, 0.4) is 0 Å². The highest BCUT2D eigenvalue weighted by atomic mass is 16.4.